The minimum atomic E-state index is 0.473. The van der Waals surface area contributed by atoms with Crippen molar-refractivity contribution in [2.75, 3.05) is 0 Å². The maximum absolute atomic E-state index is 5.85. The highest BCUT2D eigenvalue weighted by Crippen LogP contribution is 2.31. The molecule has 0 fully saturated rings. The minimum Gasteiger partial charge on any atom is -0.439 e. The van der Waals surface area contributed by atoms with Crippen LogP contribution in [0.5, 0.6) is 11.6 Å². The summed E-state index contributed by atoms with van der Waals surface area (Å²) in [5.41, 5.74) is 2.68. The van der Waals surface area contributed by atoms with Gasteiger partial charge in [-0.15, -0.1) is 0 Å². The summed E-state index contributed by atoms with van der Waals surface area (Å²) in [5.74, 6) is 1.92. The molecule has 2 nitrogen and oxygen atoms in total. The van der Waals surface area contributed by atoms with Gasteiger partial charge in [-0.2, -0.15) is 0 Å². The Balaban J connectivity index is 2.08. The number of hydrogen-bond donors (Lipinski definition) is 0. The van der Waals surface area contributed by atoms with E-state index in [-0.39, 0.29) is 0 Å². The molecule has 0 aliphatic rings. The van der Waals surface area contributed by atoms with Gasteiger partial charge in [-0.3, -0.25) is 0 Å². The second-order valence-corrected chi connectivity index (χ2v) is 5.61. The Hall–Kier alpha value is -2.35. The molecule has 0 aliphatic carbocycles. The lowest BCUT2D eigenvalue weighted by Crippen LogP contribution is -1.95. The van der Waals surface area contributed by atoms with Gasteiger partial charge in [-0.1, -0.05) is 44.2 Å². The molecule has 21 heavy (non-hydrogen) atoms. The topological polar surface area (TPSA) is 22.1 Å². The van der Waals surface area contributed by atoms with Gasteiger partial charge in [0.15, 0.2) is 0 Å². The number of aryl methyl sites for hydroxylation is 1. The van der Waals surface area contributed by atoms with E-state index in [1.807, 2.05) is 42.6 Å². The van der Waals surface area contributed by atoms with E-state index in [0.29, 0.717) is 11.8 Å². The van der Waals surface area contributed by atoms with E-state index in [4.69, 9.17) is 4.74 Å². The number of fused-ring (bicyclic) bond motifs is 1. The van der Waals surface area contributed by atoms with Gasteiger partial charge >= 0.3 is 0 Å². The standard InChI is InChI=1S/C19H19NO/c1-13(2)19-14(3)9-10-15-12-20-18(11-17(15)19)21-16-7-5-4-6-8-16/h4-13H,1-3H3. The fourth-order valence-corrected chi connectivity index (χ4v) is 2.76. The molecule has 0 bridgehead atoms. The van der Waals surface area contributed by atoms with Crippen LogP contribution in [0.2, 0.25) is 0 Å². The number of ether oxygens (including phenoxy) is 1. The summed E-state index contributed by atoms with van der Waals surface area (Å²) in [5, 5.41) is 2.38. The number of para-hydroxylation sites is 1. The fraction of sp³-hybridized carbons (Fsp3) is 0.211. The molecule has 0 saturated carbocycles. The van der Waals surface area contributed by atoms with E-state index in [1.165, 1.54) is 16.5 Å². The molecule has 2 heteroatoms. The van der Waals surface area contributed by atoms with Crippen molar-refractivity contribution in [3.05, 3.63) is 65.9 Å². The average Bonchev–Trinajstić information content (AvgIpc) is 2.47. The van der Waals surface area contributed by atoms with E-state index in [0.717, 1.165) is 11.1 Å². The highest BCUT2D eigenvalue weighted by atomic mass is 16.5. The van der Waals surface area contributed by atoms with Crippen LogP contribution in [0.1, 0.15) is 30.9 Å². The lowest BCUT2D eigenvalue weighted by Gasteiger charge is -2.14. The predicted octanol–water partition coefficient (Wildman–Crippen LogP) is 5.46. The molecular weight excluding hydrogens is 258 g/mol. The number of hydrogen-bond acceptors (Lipinski definition) is 2. The van der Waals surface area contributed by atoms with Crippen LogP contribution in [-0.4, -0.2) is 4.98 Å². The summed E-state index contributed by atoms with van der Waals surface area (Å²) in [6, 6.07) is 16.1. The molecule has 0 atom stereocenters. The van der Waals surface area contributed by atoms with Gasteiger partial charge in [0.05, 0.1) is 0 Å². The lowest BCUT2D eigenvalue weighted by molar-refractivity contribution is 0.464. The van der Waals surface area contributed by atoms with E-state index in [2.05, 4.69) is 37.9 Å². The molecule has 3 rings (SSSR count). The van der Waals surface area contributed by atoms with Crippen molar-refractivity contribution >= 4 is 10.8 Å². The zero-order valence-corrected chi connectivity index (χ0v) is 12.6. The van der Waals surface area contributed by atoms with Gasteiger partial charge in [-0.05, 0) is 41.5 Å². The number of aromatic nitrogens is 1. The first-order valence-electron chi connectivity index (χ1n) is 7.27. The third-order valence-corrected chi connectivity index (χ3v) is 3.68. The molecule has 2 aromatic carbocycles. The SMILES string of the molecule is Cc1ccc2cnc(Oc3ccccc3)cc2c1C(C)C. The summed E-state index contributed by atoms with van der Waals surface area (Å²) < 4.78 is 5.85. The first-order valence-corrected chi connectivity index (χ1v) is 7.27. The smallest absolute Gasteiger partial charge is 0.219 e. The summed E-state index contributed by atoms with van der Waals surface area (Å²) in [6.45, 7) is 6.60. The molecule has 0 amide bonds. The Kier molecular flexibility index (Phi) is 3.61. The number of nitrogens with zero attached hydrogens (tertiary/aromatic N) is 1. The molecule has 3 aromatic rings. The summed E-state index contributed by atoms with van der Waals surface area (Å²) in [6.07, 6.45) is 1.89. The predicted molar refractivity (Wildman–Crippen MR) is 87.1 cm³/mol. The largest absolute Gasteiger partial charge is 0.439 e. The Morgan fingerprint density at radius 1 is 1.00 bits per heavy atom. The third-order valence-electron chi connectivity index (χ3n) is 3.68. The van der Waals surface area contributed by atoms with Gasteiger partial charge in [0.1, 0.15) is 5.75 Å². The molecule has 0 saturated heterocycles. The summed E-state index contributed by atoms with van der Waals surface area (Å²) >= 11 is 0. The zero-order chi connectivity index (χ0) is 14.8. The molecule has 0 radical (unpaired) electrons. The van der Waals surface area contributed by atoms with Gasteiger partial charge in [0.25, 0.3) is 0 Å². The number of pyridine rings is 1. The van der Waals surface area contributed by atoms with Crippen molar-refractivity contribution in [3.63, 3.8) is 0 Å². The Morgan fingerprint density at radius 3 is 2.48 bits per heavy atom. The van der Waals surface area contributed by atoms with Crippen molar-refractivity contribution in [1.29, 1.82) is 0 Å². The Bertz CT molecular complexity index is 763. The molecule has 0 N–H and O–H groups in total. The van der Waals surface area contributed by atoms with Gasteiger partial charge in [0.2, 0.25) is 5.88 Å². The van der Waals surface area contributed by atoms with Crippen molar-refractivity contribution < 1.29 is 4.74 Å². The molecular formula is C19H19NO. The summed E-state index contributed by atoms with van der Waals surface area (Å²) in [7, 11) is 0. The highest BCUT2D eigenvalue weighted by molar-refractivity contribution is 5.87. The van der Waals surface area contributed by atoms with Crippen molar-refractivity contribution in [1.82, 2.24) is 4.98 Å². The van der Waals surface area contributed by atoms with Crippen LogP contribution in [0.25, 0.3) is 10.8 Å². The third kappa shape index (κ3) is 2.75. The molecule has 0 aliphatic heterocycles. The Labute approximate surface area is 125 Å². The second kappa shape index (κ2) is 5.57. The Morgan fingerprint density at radius 2 is 1.76 bits per heavy atom. The number of benzene rings is 2. The van der Waals surface area contributed by atoms with Crippen LogP contribution in [0.4, 0.5) is 0 Å². The van der Waals surface area contributed by atoms with E-state index in [1.54, 1.807) is 0 Å². The van der Waals surface area contributed by atoms with Crippen LogP contribution in [0.3, 0.4) is 0 Å². The van der Waals surface area contributed by atoms with E-state index in [9.17, 15) is 0 Å². The van der Waals surface area contributed by atoms with Gasteiger partial charge in [0, 0.05) is 17.6 Å². The molecule has 0 spiro atoms. The summed E-state index contributed by atoms with van der Waals surface area (Å²) in [4.78, 5) is 4.41. The molecule has 0 unspecified atom stereocenters. The van der Waals surface area contributed by atoms with Crippen molar-refractivity contribution in [2.24, 2.45) is 0 Å². The van der Waals surface area contributed by atoms with Crippen LogP contribution in [0.15, 0.2) is 54.7 Å². The number of rotatable bonds is 3. The van der Waals surface area contributed by atoms with Crippen LogP contribution < -0.4 is 4.74 Å². The quantitative estimate of drug-likeness (QED) is 0.634. The van der Waals surface area contributed by atoms with Gasteiger partial charge < -0.3 is 4.74 Å². The van der Waals surface area contributed by atoms with E-state index >= 15 is 0 Å². The normalized spacial score (nSPS) is 11.0. The van der Waals surface area contributed by atoms with Gasteiger partial charge in [-0.25, -0.2) is 4.98 Å². The van der Waals surface area contributed by atoms with Crippen LogP contribution in [0, 0.1) is 6.92 Å². The second-order valence-electron chi connectivity index (χ2n) is 5.61. The molecule has 106 valence electrons. The van der Waals surface area contributed by atoms with Crippen molar-refractivity contribution in [3.8, 4) is 11.6 Å². The maximum atomic E-state index is 5.85. The lowest BCUT2D eigenvalue weighted by atomic mass is 9.93. The van der Waals surface area contributed by atoms with Crippen LogP contribution >= 0.6 is 0 Å². The van der Waals surface area contributed by atoms with E-state index < -0.39 is 0 Å². The average molecular weight is 277 g/mol. The monoisotopic (exact) mass is 277 g/mol. The minimum absolute atomic E-state index is 0.473. The van der Waals surface area contributed by atoms with Crippen molar-refractivity contribution in [2.45, 2.75) is 26.7 Å². The molecule has 1 heterocycles. The van der Waals surface area contributed by atoms with Crippen LogP contribution in [-0.2, 0) is 0 Å². The maximum Gasteiger partial charge on any atom is 0.219 e. The zero-order valence-electron chi connectivity index (χ0n) is 12.6. The first-order chi connectivity index (χ1) is 10.1. The first kappa shape index (κ1) is 13.6. The molecule has 1 aromatic heterocycles. The highest BCUT2D eigenvalue weighted by Gasteiger charge is 2.10. The fourth-order valence-electron chi connectivity index (χ4n) is 2.76.